The molecule has 1 amide bonds. The first-order valence-corrected chi connectivity index (χ1v) is 8.75. The van der Waals surface area contributed by atoms with Gasteiger partial charge >= 0.3 is 0 Å². The van der Waals surface area contributed by atoms with Crippen LogP contribution in [-0.4, -0.2) is 45.2 Å². The van der Waals surface area contributed by atoms with Crippen LogP contribution in [0.15, 0.2) is 34.9 Å². The third-order valence-electron chi connectivity index (χ3n) is 4.53. The van der Waals surface area contributed by atoms with Gasteiger partial charge < -0.3 is 19.3 Å². The fourth-order valence-electron chi connectivity index (χ4n) is 3.02. The van der Waals surface area contributed by atoms with Crippen LogP contribution in [0.25, 0.3) is 11.5 Å². The Bertz CT molecular complexity index is 1100. The minimum Gasteiger partial charge on any atom is -0.503 e. The average molecular weight is 423 g/mol. The van der Waals surface area contributed by atoms with Crippen molar-refractivity contribution in [2.75, 3.05) is 13.1 Å². The van der Waals surface area contributed by atoms with Crippen molar-refractivity contribution in [2.45, 2.75) is 12.5 Å². The Balaban J connectivity index is 1.47. The predicted octanol–water partition coefficient (Wildman–Crippen LogP) is 3.29. The molecule has 0 spiro atoms. The summed E-state index contributed by atoms with van der Waals surface area (Å²) in [4.78, 5) is 17.7. The number of aromatic nitrogens is 2. The Kier molecular flexibility index (Phi) is 5.02. The highest BCUT2D eigenvalue weighted by Gasteiger charge is 2.32. The van der Waals surface area contributed by atoms with Crippen molar-refractivity contribution < 1.29 is 36.7 Å². The number of benzene rings is 2. The van der Waals surface area contributed by atoms with Crippen molar-refractivity contribution in [1.82, 2.24) is 15.0 Å². The van der Waals surface area contributed by atoms with E-state index in [9.17, 15) is 27.5 Å². The van der Waals surface area contributed by atoms with Crippen molar-refractivity contribution in [3.8, 4) is 23.0 Å². The maximum atomic E-state index is 14.0. The topological polar surface area (TPSA) is 88.7 Å². The fourth-order valence-corrected chi connectivity index (χ4v) is 3.02. The molecule has 1 aliphatic heterocycles. The van der Waals surface area contributed by atoms with Crippen molar-refractivity contribution in [3.05, 3.63) is 59.4 Å². The van der Waals surface area contributed by atoms with Gasteiger partial charge in [0.1, 0.15) is 17.7 Å². The summed E-state index contributed by atoms with van der Waals surface area (Å²) in [5, 5.41) is 12.7. The molecule has 3 aromatic rings. The van der Waals surface area contributed by atoms with Crippen LogP contribution in [0.2, 0.25) is 0 Å². The highest BCUT2D eigenvalue weighted by atomic mass is 19.2. The van der Waals surface area contributed by atoms with Crippen LogP contribution in [0.1, 0.15) is 17.0 Å². The molecule has 0 bridgehead atoms. The average Bonchev–Trinajstić information content (AvgIpc) is 3.40. The van der Waals surface area contributed by atoms with Gasteiger partial charge in [0.2, 0.25) is 5.82 Å². The number of carbonyl (C=O) groups excluding carboxylic acids is 1. The van der Waals surface area contributed by atoms with Gasteiger partial charge in [0, 0.05) is 13.0 Å². The number of rotatable bonds is 4. The van der Waals surface area contributed by atoms with E-state index in [4.69, 9.17) is 9.26 Å². The number of phenols is 1. The van der Waals surface area contributed by atoms with Crippen molar-refractivity contribution in [1.29, 1.82) is 0 Å². The summed E-state index contributed by atoms with van der Waals surface area (Å²) in [7, 11) is 0. The molecule has 1 N–H and O–H groups in total. The van der Waals surface area contributed by atoms with Gasteiger partial charge in [0.25, 0.3) is 17.6 Å². The number of hydrogen-bond donors (Lipinski definition) is 1. The Hall–Kier alpha value is -3.63. The molecule has 0 saturated carbocycles. The SMILES string of the molecule is O=C(c1noc(-c2cc(F)c(F)c(O)c2F)n1)N1CCC(Oc2ccc(F)cc2)C1. The molecule has 1 aromatic heterocycles. The Morgan fingerprint density at radius 1 is 1.17 bits per heavy atom. The van der Waals surface area contributed by atoms with Gasteiger partial charge in [-0.2, -0.15) is 9.37 Å². The third kappa shape index (κ3) is 3.65. The van der Waals surface area contributed by atoms with E-state index in [2.05, 4.69) is 10.1 Å². The Morgan fingerprint density at radius 3 is 2.63 bits per heavy atom. The zero-order valence-electron chi connectivity index (χ0n) is 15.1. The van der Waals surface area contributed by atoms with Gasteiger partial charge in [-0.25, -0.2) is 13.2 Å². The maximum absolute atomic E-state index is 14.0. The molecular weight excluding hydrogens is 410 g/mol. The minimum absolute atomic E-state index is 0.195. The number of phenolic OH excluding ortho intramolecular Hbond substituents is 1. The van der Waals surface area contributed by atoms with Crippen LogP contribution in [0.4, 0.5) is 17.6 Å². The van der Waals surface area contributed by atoms with E-state index in [1.54, 1.807) is 0 Å². The van der Waals surface area contributed by atoms with Crippen LogP contribution in [0.5, 0.6) is 11.5 Å². The number of amides is 1. The summed E-state index contributed by atoms with van der Waals surface area (Å²) >= 11 is 0. The summed E-state index contributed by atoms with van der Waals surface area (Å²) < 4.78 is 64.1. The van der Waals surface area contributed by atoms with Crippen molar-refractivity contribution in [3.63, 3.8) is 0 Å². The largest absolute Gasteiger partial charge is 0.503 e. The van der Waals surface area contributed by atoms with Crippen molar-refractivity contribution in [2.24, 2.45) is 0 Å². The number of carbonyl (C=O) groups is 1. The van der Waals surface area contributed by atoms with Gasteiger partial charge in [-0.1, -0.05) is 5.16 Å². The van der Waals surface area contributed by atoms with Gasteiger partial charge in [0.05, 0.1) is 12.1 Å². The second-order valence-electron chi connectivity index (χ2n) is 6.54. The summed E-state index contributed by atoms with van der Waals surface area (Å²) in [5.41, 5.74) is -0.683. The van der Waals surface area contributed by atoms with Crippen LogP contribution in [-0.2, 0) is 0 Å². The first-order chi connectivity index (χ1) is 14.3. The lowest BCUT2D eigenvalue weighted by Crippen LogP contribution is -2.31. The quantitative estimate of drug-likeness (QED) is 0.512. The van der Waals surface area contributed by atoms with Crippen LogP contribution in [0, 0.1) is 23.3 Å². The van der Waals surface area contributed by atoms with Crippen molar-refractivity contribution >= 4 is 5.91 Å². The van der Waals surface area contributed by atoms with Crippen LogP contribution in [0.3, 0.4) is 0 Å². The lowest BCUT2D eigenvalue weighted by Gasteiger charge is -2.15. The van der Waals surface area contributed by atoms with Gasteiger partial charge in [0.15, 0.2) is 17.4 Å². The number of nitrogens with zero attached hydrogens (tertiary/aromatic N) is 3. The number of likely N-dealkylation sites (tertiary alicyclic amines) is 1. The molecular formula is C19H13F4N3O4. The van der Waals surface area contributed by atoms with E-state index < -0.39 is 52.2 Å². The zero-order chi connectivity index (χ0) is 21.4. The third-order valence-corrected chi connectivity index (χ3v) is 4.53. The lowest BCUT2D eigenvalue weighted by molar-refractivity contribution is 0.0757. The van der Waals surface area contributed by atoms with E-state index in [1.165, 1.54) is 29.2 Å². The normalized spacial score (nSPS) is 16.1. The molecule has 1 atom stereocenters. The number of aromatic hydroxyl groups is 1. The maximum Gasteiger partial charge on any atom is 0.295 e. The molecule has 0 radical (unpaired) electrons. The molecule has 0 aliphatic carbocycles. The molecule has 2 heterocycles. The van der Waals surface area contributed by atoms with E-state index in [0.717, 1.165) is 0 Å². The standard InChI is InChI=1S/C19H13F4N3O4/c20-9-1-3-10(4-2-9)29-11-5-6-26(8-11)19(28)17-24-18(30-25-17)12-7-13(21)15(23)16(27)14(12)22/h1-4,7,11,27H,5-6,8H2. The first-order valence-electron chi connectivity index (χ1n) is 8.75. The second-order valence-corrected chi connectivity index (χ2v) is 6.54. The van der Waals surface area contributed by atoms with E-state index in [0.29, 0.717) is 24.8 Å². The molecule has 4 rings (SSSR count). The van der Waals surface area contributed by atoms with Crippen LogP contribution < -0.4 is 4.74 Å². The first kappa shape index (κ1) is 19.7. The summed E-state index contributed by atoms with van der Waals surface area (Å²) in [6.45, 7) is 0.509. The summed E-state index contributed by atoms with van der Waals surface area (Å²) in [6, 6.07) is 5.88. The fraction of sp³-hybridized carbons (Fsp3) is 0.211. The monoisotopic (exact) mass is 423 g/mol. The number of halogens is 4. The van der Waals surface area contributed by atoms with E-state index in [-0.39, 0.29) is 12.6 Å². The second kappa shape index (κ2) is 7.65. The zero-order valence-corrected chi connectivity index (χ0v) is 15.1. The smallest absolute Gasteiger partial charge is 0.295 e. The molecule has 1 aliphatic rings. The Morgan fingerprint density at radius 2 is 1.90 bits per heavy atom. The highest BCUT2D eigenvalue weighted by molar-refractivity contribution is 5.91. The molecule has 1 unspecified atom stereocenters. The van der Waals surface area contributed by atoms with Gasteiger partial charge in [-0.05, 0) is 30.3 Å². The van der Waals surface area contributed by atoms with E-state index in [1.807, 2.05) is 0 Å². The molecule has 156 valence electrons. The molecule has 2 aromatic carbocycles. The van der Waals surface area contributed by atoms with Gasteiger partial charge in [-0.15, -0.1) is 0 Å². The summed E-state index contributed by atoms with van der Waals surface area (Å²) in [5.74, 6) is -7.90. The lowest BCUT2D eigenvalue weighted by atomic mass is 10.2. The molecule has 30 heavy (non-hydrogen) atoms. The molecule has 1 saturated heterocycles. The molecule has 7 nitrogen and oxygen atoms in total. The molecule has 1 fully saturated rings. The number of ether oxygens (including phenoxy) is 1. The number of hydrogen-bond acceptors (Lipinski definition) is 6. The van der Waals surface area contributed by atoms with E-state index >= 15 is 0 Å². The minimum atomic E-state index is -1.75. The molecule has 11 heteroatoms. The van der Waals surface area contributed by atoms with Crippen LogP contribution >= 0.6 is 0 Å². The summed E-state index contributed by atoms with van der Waals surface area (Å²) in [6.07, 6.45) is 0.158. The highest BCUT2D eigenvalue weighted by Crippen LogP contribution is 2.32. The van der Waals surface area contributed by atoms with Gasteiger partial charge in [-0.3, -0.25) is 4.79 Å². The Labute approximate surface area is 166 Å². The predicted molar refractivity (Wildman–Crippen MR) is 92.6 cm³/mol.